The number of nitrogens with one attached hydrogen (secondary N) is 1. The van der Waals surface area contributed by atoms with E-state index in [0.29, 0.717) is 50.7 Å². The molecular weight excluding hydrogens is 450 g/mol. The molecule has 0 atom stereocenters. The molecule has 2 aromatic heterocycles. The molecule has 3 aliphatic rings. The second-order valence-corrected chi connectivity index (χ2v) is 9.07. The third-order valence-electron chi connectivity index (χ3n) is 7.11. The fourth-order valence-corrected chi connectivity index (χ4v) is 5.03. The van der Waals surface area contributed by atoms with Crippen LogP contribution in [0.3, 0.4) is 0 Å². The molecule has 0 bridgehead atoms. The highest BCUT2D eigenvalue weighted by Gasteiger charge is 2.49. The minimum Gasteiger partial charge on any atom is -0.445 e. The number of hydrogen-bond donors (Lipinski definition) is 2. The van der Waals surface area contributed by atoms with Crippen LogP contribution >= 0.6 is 0 Å². The van der Waals surface area contributed by atoms with Crippen LogP contribution in [0.25, 0.3) is 12.2 Å². The molecule has 3 amide bonds. The van der Waals surface area contributed by atoms with Crippen LogP contribution in [-0.4, -0.2) is 75.4 Å². The van der Waals surface area contributed by atoms with E-state index in [1.807, 2.05) is 17.0 Å². The molecule has 0 radical (unpaired) electrons. The van der Waals surface area contributed by atoms with Gasteiger partial charge in [-0.15, -0.1) is 0 Å². The van der Waals surface area contributed by atoms with Crippen LogP contribution in [-0.2, 0) is 19.8 Å². The molecule has 10 heteroatoms. The van der Waals surface area contributed by atoms with Crippen LogP contribution in [0.5, 0.6) is 0 Å². The van der Waals surface area contributed by atoms with Crippen molar-refractivity contribution in [3.63, 3.8) is 0 Å². The molecule has 0 aliphatic carbocycles. The van der Waals surface area contributed by atoms with Crippen molar-refractivity contribution in [2.24, 2.45) is 0 Å². The lowest BCUT2D eigenvalue weighted by atomic mass is 9.74. The van der Waals surface area contributed by atoms with E-state index in [-0.39, 0.29) is 17.7 Å². The van der Waals surface area contributed by atoms with E-state index in [4.69, 9.17) is 9.52 Å². The summed E-state index contributed by atoms with van der Waals surface area (Å²) in [4.78, 5) is 49.4. The Morgan fingerprint density at radius 2 is 1.91 bits per heavy atom. The van der Waals surface area contributed by atoms with Crippen molar-refractivity contribution in [3.8, 4) is 0 Å². The van der Waals surface area contributed by atoms with Gasteiger partial charge in [0.1, 0.15) is 18.7 Å². The molecule has 2 fully saturated rings. The van der Waals surface area contributed by atoms with Crippen LogP contribution in [0.2, 0.25) is 0 Å². The number of piperidine rings is 2. The fourth-order valence-electron chi connectivity index (χ4n) is 5.03. The molecule has 0 aromatic carbocycles. The molecule has 2 N–H and O–H groups in total. The third kappa shape index (κ3) is 4.49. The van der Waals surface area contributed by atoms with Crippen molar-refractivity contribution in [1.29, 1.82) is 0 Å². The number of carbonyl (C=O) groups is 3. The van der Waals surface area contributed by atoms with Gasteiger partial charge in [0.25, 0.3) is 0 Å². The molecule has 0 saturated carbocycles. The number of aliphatic hydroxyl groups is 1. The van der Waals surface area contributed by atoms with E-state index in [1.165, 1.54) is 5.57 Å². The number of amides is 3. The Kier molecular flexibility index (Phi) is 6.21. The lowest BCUT2D eigenvalue weighted by Crippen LogP contribution is -2.49. The predicted molar refractivity (Wildman–Crippen MR) is 127 cm³/mol. The van der Waals surface area contributed by atoms with Crippen LogP contribution in [0.15, 0.2) is 40.8 Å². The van der Waals surface area contributed by atoms with Gasteiger partial charge in [-0.25, -0.2) is 9.97 Å². The Hall–Kier alpha value is -3.79. The largest absolute Gasteiger partial charge is 0.445 e. The molecule has 10 nitrogen and oxygen atoms in total. The van der Waals surface area contributed by atoms with Crippen LogP contribution in [0, 0.1) is 0 Å². The zero-order chi connectivity index (χ0) is 24.4. The second-order valence-electron chi connectivity index (χ2n) is 9.07. The van der Waals surface area contributed by atoms with Gasteiger partial charge >= 0.3 is 0 Å². The Balaban J connectivity index is 1.24. The monoisotopic (exact) mass is 477 g/mol. The summed E-state index contributed by atoms with van der Waals surface area (Å²) in [5.74, 6) is 0.599. The Morgan fingerprint density at radius 1 is 1.14 bits per heavy atom. The first-order chi connectivity index (χ1) is 17.0. The molecule has 1 spiro atoms. The number of oxazole rings is 1. The van der Waals surface area contributed by atoms with Crippen LogP contribution in [0.4, 0.5) is 5.82 Å². The summed E-state index contributed by atoms with van der Waals surface area (Å²) in [5.41, 5.74) is 1.99. The van der Waals surface area contributed by atoms with E-state index >= 15 is 0 Å². The average Bonchev–Trinajstić information content (AvgIpc) is 3.49. The summed E-state index contributed by atoms with van der Waals surface area (Å²) < 4.78 is 5.26. The first-order valence-electron chi connectivity index (χ1n) is 11.7. The van der Waals surface area contributed by atoms with Gasteiger partial charge in [0.05, 0.1) is 11.6 Å². The number of nitrogens with zero attached hydrogens (tertiary/aromatic N) is 4. The number of aliphatic hydroxyl groups excluding tert-OH is 1. The van der Waals surface area contributed by atoms with Gasteiger partial charge in [0, 0.05) is 44.0 Å². The van der Waals surface area contributed by atoms with Gasteiger partial charge in [-0.1, -0.05) is 5.57 Å². The lowest BCUT2D eigenvalue weighted by molar-refractivity contribution is -0.137. The number of pyridine rings is 1. The van der Waals surface area contributed by atoms with Gasteiger partial charge in [-0.05, 0) is 49.5 Å². The normalized spacial score (nSPS) is 19.2. The Bertz CT molecular complexity index is 1180. The molecule has 0 unspecified atom stereocenters. The molecule has 3 aliphatic heterocycles. The van der Waals surface area contributed by atoms with E-state index in [2.05, 4.69) is 15.3 Å². The minimum atomic E-state index is -0.749. The maximum absolute atomic E-state index is 12.9. The summed E-state index contributed by atoms with van der Waals surface area (Å²) in [6.45, 7) is 1.51. The smallest absolute Gasteiger partial charge is 0.248 e. The maximum atomic E-state index is 12.9. The van der Waals surface area contributed by atoms with Crippen LogP contribution in [0.1, 0.15) is 42.7 Å². The summed E-state index contributed by atoms with van der Waals surface area (Å²) >= 11 is 0. The zero-order valence-corrected chi connectivity index (χ0v) is 19.3. The van der Waals surface area contributed by atoms with E-state index in [9.17, 15) is 14.4 Å². The summed E-state index contributed by atoms with van der Waals surface area (Å²) in [7, 11) is 0. The molecule has 5 heterocycles. The minimum absolute atomic E-state index is 0.0691. The number of rotatable bonds is 4. The fraction of sp³-hybridized carbons (Fsp3) is 0.400. The topological polar surface area (TPSA) is 129 Å². The number of fused-ring (bicyclic) bond motifs is 2. The van der Waals surface area contributed by atoms with Gasteiger partial charge in [-0.2, -0.15) is 0 Å². The highest BCUT2D eigenvalue weighted by molar-refractivity contribution is 6.05. The standard InChI is InChI=1S/C25H27N5O5/c31-16-22(33)30-10-5-25(6-11-30)19-13-18(15-27-23(19)28-24(25)34)1-2-21(32)29-8-3-17(4-9-29)14-20-26-7-12-35-20/h1-2,7,12-15,31H,3-6,8-11,16H2,(H,27,28,34). The van der Waals surface area contributed by atoms with Crippen molar-refractivity contribution < 1.29 is 23.9 Å². The van der Waals surface area contributed by atoms with Crippen molar-refractivity contribution >= 4 is 35.7 Å². The summed E-state index contributed by atoms with van der Waals surface area (Å²) in [5, 5.41) is 12.0. The van der Waals surface area contributed by atoms with Crippen molar-refractivity contribution in [3.05, 3.63) is 53.4 Å². The van der Waals surface area contributed by atoms with E-state index in [0.717, 1.165) is 24.0 Å². The molecule has 182 valence electrons. The molecule has 5 rings (SSSR count). The van der Waals surface area contributed by atoms with Crippen LogP contribution < -0.4 is 5.32 Å². The quantitative estimate of drug-likeness (QED) is 0.640. The first-order valence-corrected chi connectivity index (χ1v) is 11.7. The number of anilines is 1. The van der Waals surface area contributed by atoms with E-state index in [1.54, 1.807) is 35.7 Å². The predicted octanol–water partition coefficient (Wildman–Crippen LogP) is 1.59. The van der Waals surface area contributed by atoms with Gasteiger partial charge < -0.3 is 24.6 Å². The molecule has 35 heavy (non-hydrogen) atoms. The number of aromatic nitrogens is 2. The van der Waals surface area contributed by atoms with Crippen molar-refractivity contribution in [2.75, 3.05) is 38.1 Å². The molecule has 2 aromatic rings. The average molecular weight is 478 g/mol. The lowest BCUT2D eigenvalue weighted by Gasteiger charge is -2.37. The maximum Gasteiger partial charge on any atom is 0.248 e. The number of carbonyl (C=O) groups excluding carboxylic acids is 3. The van der Waals surface area contributed by atoms with E-state index < -0.39 is 12.0 Å². The van der Waals surface area contributed by atoms with Crippen molar-refractivity contribution in [1.82, 2.24) is 19.8 Å². The van der Waals surface area contributed by atoms with Crippen molar-refractivity contribution in [2.45, 2.75) is 31.1 Å². The number of likely N-dealkylation sites (tertiary alicyclic amines) is 2. The summed E-state index contributed by atoms with van der Waals surface area (Å²) in [6, 6.07) is 1.90. The first kappa shape index (κ1) is 23.0. The zero-order valence-electron chi connectivity index (χ0n) is 19.3. The van der Waals surface area contributed by atoms with Gasteiger partial charge in [0.2, 0.25) is 23.6 Å². The van der Waals surface area contributed by atoms with Gasteiger partial charge in [-0.3, -0.25) is 14.4 Å². The second kappa shape index (κ2) is 9.46. The Morgan fingerprint density at radius 3 is 2.60 bits per heavy atom. The third-order valence-corrected chi connectivity index (χ3v) is 7.11. The molecular formula is C25H27N5O5. The summed E-state index contributed by atoms with van der Waals surface area (Å²) in [6.07, 6.45) is 12.5. The Labute approximate surface area is 202 Å². The molecule has 2 saturated heterocycles. The highest BCUT2D eigenvalue weighted by Crippen LogP contribution is 2.44. The van der Waals surface area contributed by atoms with Gasteiger partial charge in [0.15, 0.2) is 0 Å². The highest BCUT2D eigenvalue weighted by atomic mass is 16.3. The number of hydrogen-bond acceptors (Lipinski definition) is 7. The SMILES string of the molecule is O=C(C=Cc1cnc2c(c1)C1(CCN(C(=O)CO)CC1)C(=O)N2)N1CCC(=Cc2ncco2)CC1.